The number of aryl methyl sites for hydroxylation is 2. The van der Waals surface area contributed by atoms with Crippen molar-refractivity contribution in [3.8, 4) is 17.2 Å². The Morgan fingerprint density at radius 3 is 2.50 bits per heavy atom. The summed E-state index contributed by atoms with van der Waals surface area (Å²) < 4.78 is 16.3. The lowest BCUT2D eigenvalue weighted by molar-refractivity contribution is -0.123. The van der Waals surface area contributed by atoms with Crippen LogP contribution in [0.1, 0.15) is 17.5 Å². The number of rotatable bonds is 4. The molecule has 1 aliphatic rings. The van der Waals surface area contributed by atoms with Gasteiger partial charge in [0.15, 0.2) is 6.10 Å². The van der Waals surface area contributed by atoms with E-state index in [2.05, 4.69) is 17.4 Å². The molecule has 3 rings (SSSR count). The highest BCUT2D eigenvalue weighted by molar-refractivity contribution is 5.95. The van der Waals surface area contributed by atoms with E-state index in [1.165, 1.54) is 0 Å². The van der Waals surface area contributed by atoms with Crippen molar-refractivity contribution in [3.63, 3.8) is 0 Å². The Morgan fingerprint density at radius 2 is 1.83 bits per heavy atom. The molecule has 0 aliphatic carbocycles. The largest absolute Gasteiger partial charge is 0.497 e. The van der Waals surface area contributed by atoms with Gasteiger partial charge in [-0.2, -0.15) is 0 Å². The van der Waals surface area contributed by atoms with Gasteiger partial charge in [0.05, 0.1) is 14.2 Å². The number of ether oxygens (including phenoxy) is 3. The summed E-state index contributed by atoms with van der Waals surface area (Å²) in [5.41, 5.74) is 2.88. The molecule has 2 aromatic carbocycles. The van der Waals surface area contributed by atoms with Crippen molar-refractivity contribution in [2.75, 3.05) is 19.5 Å². The average molecular weight is 327 g/mol. The standard InChI is InChI=1S/C19H21NO4/c1-12-4-5-13-6-7-17(24-18(13)8-12)19(21)20-14-9-15(22-2)11-16(10-14)23-3/h4-5,8-11,17H,6-7H2,1-3H3,(H,20,21). The zero-order chi connectivity index (χ0) is 17.1. The molecule has 1 N–H and O–H groups in total. The normalized spacial score (nSPS) is 15.9. The van der Waals surface area contributed by atoms with E-state index in [4.69, 9.17) is 14.2 Å². The monoisotopic (exact) mass is 327 g/mol. The van der Waals surface area contributed by atoms with E-state index < -0.39 is 6.10 Å². The van der Waals surface area contributed by atoms with Gasteiger partial charge >= 0.3 is 0 Å². The van der Waals surface area contributed by atoms with Gasteiger partial charge in [-0.25, -0.2) is 0 Å². The summed E-state index contributed by atoms with van der Waals surface area (Å²) in [7, 11) is 3.15. The topological polar surface area (TPSA) is 56.8 Å². The molecule has 126 valence electrons. The maximum absolute atomic E-state index is 12.5. The molecule has 24 heavy (non-hydrogen) atoms. The predicted molar refractivity (Wildman–Crippen MR) is 92.1 cm³/mol. The van der Waals surface area contributed by atoms with Crippen LogP contribution in [0, 0.1) is 6.92 Å². The predicted octanol–water partition coefficient (Wildman–Crippen LogP) is 3.34. The fourth-order valence-corrected chi connectivity index (χ4v) is 2.76. The Bertz CT molecular complexity index is 735. The Hall–Kier alpha value is -2.69. The van der Waals surface area contributed by atoms with E-state index in [1.54, 1.807) is 32.4 Å². The zero-order valence-electron chi connectivity index (χ0n) is 14.1. The lowest BCUT2D eigenvalue weighted by Gasteiger charge is -2.25. The second-order valence-electron chi connectivity index (χ2n) is 5.85. The van der Waals surface area contributed by atoms with Crippen LogP contribution in [0.5, 0.6) is 17.2 Å². The molecule has 0 saturated heterocycles. The molecule has 0 saturated carbocycles. The SMILES string of the molecule is COc1cc(NC(=O)C2CCc3ccc(C)cc3O2)cc(OC)c1. The molecule has 0 fully saturated rings. The van der Waals surface area contributed by atoms with Crippen LogP contribution in [0.15, 0.2) is 36.4 Å². The number of fused-ring (bicyclic) bond motifs is 1. The summed E-state index contributed by atoms with van der Waals surface area (Å²) in [6.45, 7) is 2.01. The Morgan fingerprint density at radius 1 is 1.12 bits per heavy atom. The highest BCUT2D eigenvalue weighted by Crippen LogP contribution is 2.30. The lowest BCUT2D eigenvalue weighted by Crippen LogP contribution is -2.35. The first-order valence-corrected chi connectivity index (χ1v) is 7.89. The fraction of sp³-hybridized carbons (Fsp3) is 0.316. The van der Waals surface area contributed by atoms with Crippen molar-refractivity contribution in [1.29, 1.82) is 0 Å². The van der Waals surface area contributed by atoms with E-state index in [-0.39, 0.29) is 5.91 Å². The number of amides is 1. The summed E-state index contributed by atoms with van der Waals surface area (Å²) in [5.74, 6) is 1.87. The van der Waals surface area contributed by atoms with Crippen LogP contribution >= 0.6 is 0 Å². The molecule has 5 heteroatoms. The second-order valence-corrected chi connectivity index (χ2v) is 5.85. The molecular weight excluding hydrogens is 306 g/mol. The van der Waals surface area contributed by atoms with E-state index in [0.29, 0.717) is 23.6 Å². The van der Waals surface area contributed by atoms with Crippen molar-refractivity contribution in [3.05, 3.63) is 47.5 Å². The van der Waals surface area contributed by atoms with Gasteiger partial charge in [0, 0.05) is 23.9 Å². The number of anilines is 1. The maximum atomic E-state index is 12.5. The number of hydrogen-bond acceptors (Lipinski definition) is 4. The molecule has 1 atom stereocenters. The molecule has 2 aromatic rings. The van der Waals surface area contributed by atoms with E-state index in [0.717, 1.165) is 23.3 Å². The molecular formula is C19H21NO4. The van der Waals surface area contributed by atoms with Crippen molar-refractivity contribution >= 4 is 11.6 Å². The first kappa shape index (κ1) is 16.2. The van der Waals surface area contributed by atoms with Crippen LogP contribution in [-0.4, -0.2) is 26.2 Å². The zero-order valence-corrected chi connectivity index (χ0v) is 14.1. The molecule has 5 nitrogen and oxygen atoms in total. The Balaban J connectivity index is 1.74. The van der Waals surface area contributed by atoms with Crippen LogP contribution in [0.2, 0.25) is 0 Å². The smallest absolute Gasteiger partial charge is 0.265 e. The maximum Gasteiger partial charge on any atom is 0.265 e. The van der Waals surface area contributed by atoms with Crippen LogP contribution in [-0.2, 0) is 11.2 Å². The average Bonchev–Trinajstić information content (AvgIpc) is 2.60. The van der Waals surface area contributed by atoms with E-state index in [9.17, 15) is 4.79 Å². The quantitative estimate of drug-likeness (QED) is 0.936. The molecule has 0 aromatic heterocycles. The van der Waals surface area contributed by atoms with Crippen LogP contribution < -0.4 is 19.5 Å². The third-order valence-electron chi connectivity index (χ3n) is 4.08. The number of carbonyl (C=O) groups excluding carboxylic acids is 1. The summed E-state index contributed by atoms with van der Waals surface area (Å²) in [6.07, 6.45) is 0.981. The number of hydrogen-bond donors (Lipinski definition) is 1. The van der Waals surface area contributed by atoms with Crippen molar-refractivity contribution in [1.82, 2.24) is 0 Å². The molecule has 0 spiro atoms. The van der Waals surface area contributed by atoms with Crippen LogP contribution in [0.3, 0.4) is 0 Å². The second kappa shape index (κ2) is 6.83. The minimum Gasteiger partial charge on any atom is -0.497 e. The number of benzene rings is 2. The van der Waals surface area contributed by atoms with Gasteiger partial charge in [0.25, 0.3) is 5.91 Å². The minimum absolute atomic E-state index is 0.169. The van der Waals surface area contributed by atoms with Gasteiger partial charge in [0.2, 0.25) is 0 Å². The summed E-state index contributed by atoms with van der Waals surface area (Å²) in [4.78, 5) is 12.5. The summed E-state index contributed by atoms with van der Waals surface area (Å²) in [5, 5.41) is 2.88. The fourth-order valence-electron chi connectivity index (χ4n) is 2.76. The Labute approximate surface area is 141 Å². The highest BCUT2D eigenvalue weighted by Gasteiger charge is 2.26. The van der Waals surface area contributed by atoms with Gasteiger partial charge in [-0.05, 0) is 37.0 Å². The van der Waals surface area contributed by atoms with E-state index in [1.807, 2.05) is 13.0 Å². The third kappa shape index (κ3) is 3.45. The first-order chi connectivity index (χ1) is 11.6. The third-order valence-corrected chi connectivity index (χ3v) is 4.08. The van der Waals surface area contributed by atoms with Gasteiger partial charge in [-0.15, -0.1) is 0 Å². The molecule has 1 aliphatic heterocycles. The molecule has 1 unspecified atom stereocenters. The summed E-state index contributed by atoms with van der Waals surface area (Å²) in [6, 6.07) is 11.4. The van der Waals surface area contributed by atoms with Gasteiger partial charge in [0.1, 0.15) is 17.2 Å². The van der Waals surface area contributed by atoms with Gasteiger partial charge in [-0.3, -0.25) is 4.79 Å². The number of carbonyl (C=O) groups is 1. The molecule has 1 amide bonds. The Kier molecular flexibility index (Phi) is 4.60. The number of nitrogens with one attached hydrogen (secondary N) is 1. The number of methoxy groups -OCH3 is 2. The van der Waals surface area contributed by atoms with E-state index >= 15 is 0 Å². The molecule has 0 bridgehead atoms. The molecule has 1 heterocycles. The van der Waals surface area contributed by atoms with Gasteiger partial charge in [-0.1, -0.05) is 12.1 Å². The lowest BCUT2D eigenvalue weighted by atomic mass is 10.0. The van der Waals surface area contributed by atoms with Gasteiger partial charge < -0.3 is 19.5 Å². The first-order valence-electron chi connectivity index (χ1n) is 7.89. The summed E-state index contributed by atoms with van der Waals surface area (Å²) >= 11 is 0. The van der Waals surface area contributed by atoms with Crippen molar-refractivity contribution < 1.29 is 19.0 Å². The minimum atomic E-state index is -0.503. The van der Waals surface area contributed by atoms with Crippen LogP contribution in [0.25, 0.3) is 0 Å². The van der Waals surface area contributed by atoms with Crippen molar-refractivity contribution in [2.24, 2.45) is 0 Å². The van der Waals surface area contributed by atoms with Crippen LogP contribution in [0.4, 0.5) is 5.69 Å². The van der Waals surface area contributed by atoms with Crippen molar-refractivity contribution in [2.45, 2.75) is 25.9 Å². The molecule has 0 radical (unpaired) electrons. The highest BCUT2D eigenvalue weighted by atomic mass is 16.5.